The van der Waals surface area contributed by atoms with Crippen LogP contribution >= 0.6 is 11.8 Å². The van der Waals surface area contributed by atoms with Crippen LogP contribution in [-0.2, 0) is 6.42 Å². The molecule has 0 spiro atoms. The second kappa shape index (κ2) is 8.32. The Morgan fingerprint density at radius 3 is 2.57 bits per heavy atom. The molecule has 2 nitrogen and oxygen atoms in total. The van der Waals surface area contributed by atoms with Crippen molar-refractivity contribution in [1.29, 1.82) is 0 Å². The Morgan fingerprint density at radius 2 is 1.81 bits per heavy atom. The first kappa shape index (κ1) is 15.4. The molecule has 3 heteroatoms. The number of carbonyl (C=O) groups is 1. The van der Waals surface area contributed by atoms with Gasteiger partial charge in [-0.3, -0.25) is 4.79 Å². The van der Waals surface area contributed by atoms with E-state index in [0.29, 0.717) is 6.54 Å². The Labute approximate surface area is 130 Å². The summed E-state index contributed by atoms with van der Waals surface area (Å²) in [6, 6.07) is 17.8. The maximum Gasteiger partial charge on any atom is 0.252 e. The van der Waals surface area contributed by atoms with Gasteiger partial charge in [0.25, 0.3) is 5.91 Å². The van der Waals surface area contributed by atoms with Crippen molar-refractivity contribution >= 4 is 17.7 Å². The zero-order valence-corrected chi connectivity index (χ0v) is 12.7. The first-order valence-electron chi connectivity index (χ1n) is 6.96. The number of hydrogen-bond acceptors (Lipinski definition) is 2. The monoisotopic (exact) mass is 297 g/mol. The van der Waals surface area contributed by atoms with Crippen molar-refractivity contribution in [2.24, 2.45) is 0 Å². The van der Waals surface area contributed by atoms with E-state index in [9.17, 15) is 4.79 Å². The number of rotatable bonds is 7. The highest BCUT2D eigenvalue weighted by Crippen LogP contribution is 2.22. The highest BCUT2D eigenvalue weighted by molar-refractivity contribution is 7.99. The van der Waals surface area contributed by atoms with Crippen molar-refractivity contribution in [1.82, 2.24) is 5.32 Å². The van der Waals surface area contributed by atoms with Gasteiger partial charge in [-0.1, -0.05) is 48.5 Å². The molecule has 0 aliphatic carbocycles. The van der Waals surface area contributed by atoms with Crippen LogP contribution in [0, 0.1) is 0 Å². The lowest BCUT2D eigenvalue weighted by Gasteiger charge is -2.09. The number of thioether (sulfide) groups is 1. The zero-order chi connectivity index (χ0) is 14.9. The van der Waals surface area contributed by atoms with Crippen molar-refractivity contribution in [3.05, 3.63) is 78.4 Å². The number of carbonyl (C=O) groups excluding carboxylic acids is 1. The third kappa shape index (κ3) is 4.80. The summed E-state index contributed by atoms with van der Waals surface area (Å²) in [7, 11) is 0. The molecule has 0 heterocycles. The summed E-state index contributed by atoms with van der Waals surface area (Å²) in [4.78, 5) is 13.3. The minimum atomic E-state index is -0.0157. The van der Waals surface area contributed by atoms with Crippen LogP contribution in [-0.4, -0.2) is 18.2 Å². The molecule has 0 unspecified atom stereocenters. The maximum absolute atomic E-state index is 12.3. The van der Waals surface area contributed by atoms with Crippen molar-refractivity contribution in [3.8, 4) is 0 Å². The lowest BCUT2D eigenvalue weighted by atomic mass is 10.1. The van der Waals surface area contributed by atoms with Gasteiger partial charge in [-0.2, -0.15) is 0 Å². The molecule has 0 aromatic heterocycles. The predicted molar refractivity (Wildman–Crippen MR) is 89.8 cm³/mol. The van der Waals surface area contributed by atoms with E-state index in [0.717, 1.165) is 22.6 Å². The molecule has 0 atom stereocenters. The molecule has 0 aliphatic rings. The van der Waals surface area contributed by atoms with E-state index in [2.05, 4.69) is 24.0 Å². The third-order valence-corrected chi connectivity index (χ3v) is 4.10. The Morgan fingerprint density at radius 1 is 1.10 bits per heavy atom. The summed E-state index contributed by atoms with van der Waals surface area (Å²) in [6.07, 6.45) is 2.68. The Hall–Kier alpha value is -2.00. The van der Waals surface area contributed by atoms with Crippen molar-refractivity contribution in [3.63, 3.8) is 0 Å². The van der Waals surface area contributed by atoms with E-state index in [1.54, 1.807) is 11.8 Å². The van der Waals surface area contributed by atoms with Crippen molar-refractivity contribution in [2.75, 3.05) is 12.3 Å². The molecule has 2 aromatic rings. The second-order valence-electron chi connectivity index (χ2n) is 4.59. The smallest absolute Gasteiger partial charge is 0.252 e. The first-order valence-corrected chi connectivity index (χ1v) is 7.94. The van der Waals surface area contributed by atoms with Gasteiger partial charge in [0.05, 0.1) is 5.56 Å². The Balaban J connectivity index is 1.92. The molecule has 108 valence electrons. The van der Waals surface area contributed by atoms with Gasteiger partial charge in [0.1, 0.15) is 0 Å². The summed E-state index contributed by atoms with van der Waals surface area (Å²) >= 11 is 1.63. The number of nitrogens with one attached hydrogen (secondary N) is 1. The standard InChI is InChI=1S/C18H19NOS/c1-2-14-21-17-11-7-6-10-16(17)18(20)19-13-12-15-8-4-3-5-9-15/h2-11H,1,12-14H2,(H,19,20). The molecule has 2 rings (SSSR count). The maximum atomic E-state index is 12.3. The largest absolute Gasteiger partial charge is 0.352 e. The number of benzene rings is 2. The molecule has 0 radical (unpaired) electrons. The zero-order valence-electron chi connectivity index (χ0n) is 11.9. The van der Waals surface area contributed by atoms with Gasteiger partial charge in [0.2, 0.25) is 0 Å². The molecule has 0 saturated heterocycles. The van der Waals surface area contributed by atoms with E-state index in [1.165, 1.54) is 5.56 Å². The molecular formula is C18H19NOS. The van der Waals surface area contributed by atoms with Gasteiger partial charge in [-0.15, -0.1) is 18.3 Å². The molecule has 0 saturated carbocycles. The second-order valence-corrected chi connectivity index (χ2v) is 5.65. The molecule has 21 heavy (non-hydrogen) atoms. The number of amides is 1. The fourth-order valence-electron chi connectivity index (χ4n) is 1.99. The van der Waals surface area contributed by atoms with E-state index >= 15 is 0 Å². The topological polar surface area (TPSA) is 29.1 Å². The van der Waals surface area contributed by atoms with Crippen LogP contribution in [0.1, 0.15) is 15.9 Å². The van der Waals surface area contributed by atoms with Crippen molar-refractivity contribution in [2.45, 2.75) is 11.3 Å². The Kier molecular flexibility index (Phi) is 6.10. The normalized spacial score (nSPS) is 10.1. The molecule has 2 aromatic carbocycles. The molecule has 0 aliphatic heterocycles. The molecule has 0 fully saturated rings. The average molecular weight is 297 g/mol. The van der Waals surface area contributed by atoms with E-state index < -0.39 is 0 Å². The van der Waals surface area contributed by atoms with Crippen LogP contribution in [0.2, 0.25) is 0 Å². The van der Waals surface area contributed by atoms with Crippen molar-refractivity contribution < 1.29 is 4.79 Å². The highest BCUT2D eigenvalue weighted by atomic mass is 32.2. The van der Waals surface area contributed by atoms with E-state index in [-0.39, 0.29) is 5.91 Å². The lowest BCUT2D eigenvalue weighted by Crippen LogP contribution is -2.26. The fourth-order valence-corrected chi connectivity index (χ4v) is 2.78. The molecule has 1 amide bonds. The van der Waals surface area contributed by atoms with Gasteiger partial charge in [0.15, 0.2) is 0 Å². The van der Waals surface area contributed by atoms with Crippen LogP contribution in [0.25, 0.3) is 0 Å². The first-order chi connectivity index (χ1) is 10.3. The Bertz CT molecular complexity index is 595. The minimum Gasteiger partial charge on any atom is -0.352 e. The third-order valence-electron chi connectivity index (χ3n) is 3.03. The quantitative estimate of drug-likeness (QED) is 0.619. The van der Waals surface area contributed by atoms with Crippen LogP contribution in [0.5, 0.6) is 0 Å². The highest BCUT2D eigenvalue weighted by Gasteiger charge is 2.10. The minimum absolute atomic E-state index is 0.0157. The van der Waals surface area contributed by atoms with Crippen LogP contribution < -0.4 is 5.32 Å². The van der Waals surface area contributed by atoms with E-state index in [4.69, 9.17) is 0 Å². The molecular weight excluding hydrogens is 278 g/mol. The predicted octanol–water partition coefficient (Wildman–Crippen LogP) is 3.94. The SMILES string of the molecule is C=CCSc1ccccc1C(=O)NCCc1ccccc1. The molecule has 1 N–H and O–H groups in total. The van der Waals surface area contributed by atoms with Gasteiger partial charge < -0.3 is 5.32 Å². The van der Waals surface area contributed by atoms with Gasteiger partial charge in [-0.05, 0) is 24.1 Å². The van der Waals surface area contributed by atoms with Crippen LogP contribution in [0.4, 0.5) is 0 Å². The summed E-state index contributed by atoms with van der Waals surface area (Å²) in [6.45, 7) is 4.35. The summed E-state index contributed by atoms with van der Waals surface area (Å²) < 4.78 is 0. The van der Waals surface area contributed by atoms with Crippen LogP contribution in [0.3, 0.4) is 0 Å². The lowest BCUT2D eigenvalue weighted by molar-refractivity contribution is 0.0951. The van der Waals surface area contributed by atoms with Gasteiger partial charge in [-0.25, -0.2) is 0 Å². The van der Waals surface area contributed by atoms with E-state index in [1.807, 2.05) is 48.5 Å². The summed E-state index contributed by atoms with van der Waals surface area (Å²) in [5.41, 5.74) is 1.96. The number of hydrogen-bond donors (Lipinski definition) is 1. The molecule has 0 bridgehead atoms. The van der Waals surface area contributed by atoms with Crippen LogP contribution in [0.15, 0.2) is 72.1 Å². The summed E-state index contributed by atoms with van der Waals surface area (Å²) in [5, 5.41) is 2.99. The average Bonchev–Trinajstić information content (AvgIpc) is 2.54. The van der Waals surface area contributed by atoms with Gasteiger partial charge >= 0.3 is 0 Å². The fraction of sp³-hybridized carbons (Fsp3) is 0.167. The summed E-state index contributed by atoms with van der Waals surface area (Å²) in [5.74, 6) is 0.784. The van der Waals surface area contributed by atoms with Gasteiger partial charge in [0, 0.05) is 17.2 Å².